The van der Waals surface area contributed by atoms with E-state index in [-0.39, 0.29) is 4.90 Å². The van der Waals surface area contributed by atoms with Gasteiger partial charge in [-0.2, -0.15) is 5.10 Å². The molecule has 0 aliphatic heterocycles. The van der Waals surface area contributed by atoms with E-state index in [0.29, 0.717) is 23.6 Å². The number of imidazole rings is 1. The van der Waals surface area contributed by atoms with Crippen LogP contribution in [0.15, 0.2) is 59.8 Å². The number of sulfonamides is 1. The molecule has 0 spiro atoms. The summed E-state index contributed by atoms with van der Waals surface area (Å²) in [6.45, 7) is 6.03. The molecule has 0 atom stereocenters. The van der Waals surface area contributed by atoms with Crippen LogP contribution in [0.3, 0.4) is 0 Å². The van der Waals surface area contributed by atoms with Gasteiger partial charge in [0.05, 0.1) is 17.1 Å². The molecule has 8 heteroatoms. The van der Waals surface area contributed by atoms with E-state index in [1.54, 1.807) is 30.7 Å². The molecule has 144 valence electrons. The van der Waals surface area contributed by atoms with Crippen LogP contribution in [0.25, 0.3) is 16.9 Å². The highest BCUT2D eigenvalue weighted by atomic mass is 32.2. The van der Waals surface area contributed by atoms with Crippen molar-refractivity contribution in [3.63, 3.8) is 0 Å². The Morgan fingerprint density at radius 3 is 2.46 bits per heavy atom. The molecule has 0 unspecified atom stereocenters. The zero-order chi connectivity index (χ0) is 19.9. The maximum Gasteiger partial charge on any atom is 0.265 e. The first kappa shape index (κ1) is 18.2. The van der Waals surface area contributed by atoms with Crippen molar-refractivity contribution in [2.45, 2.75) is 32.2 Å². The molecule has 0 saturated heterocycles. The van der Waals surface area contributed by atoms with Crippen molar-refractivity contribution in [2.75, 3.05) is 4.72 Å². The first-order valence-corrected chi connectivity index (χ1v) is 10.5. The Labute approximate surface area is 163 Å². The number of aromatic nitrogens is 4. The molecule has 0 radical (unpaired) electrons. The fraction of sp³-hybridized carbons (Fsp3) is 0.200. The normalized spacial score (nSPS) is 11.8. The maximum atomic E-state index is 12.9. The standard InChI is InChI=1S/C20H21N5O2S/c1-4-25-15(3)20(14(2)22-25)28(26,27)23-17-10-8-16(9-11-17)18-13-24-12-6-5-7-19(24)21-18/h5-13,23H,4H2,1-3H3. The molecule has 0 fully saturated rings. The van der Waals surface area contributed by atoms with E-state index in [9.17, 15) is 8.42 Å². The second-order valence-electron chi connectivity index (χ2n) is 6.59. The predicted octanol–water partition coefficient (Wildman–Crippen LogP) is 3.64. The number of anilines is 1. The fourth-order valence-corrected chi connectivity index (χ4v) is 4.84. The molecule has 3 aromatic heterocycles. The highest BCUT2D eigenvalue weighted by molar-refractivity contribution is 7.92. The highest BCUT2D eigenvalue weighted by Gasteiger charge is 2.24. The lowest BCUT2D eigenvalue weighted by Gasteiger charge is -2.09. The molecule has 3 heterocycles. The van der Waals surface area contributed by atoms with Crippen LogP contribution < -0.4 is 4.72 Å². The quantitative estimate of drug-likeness (QED) is 0.559. The third kappa shape index (κ3) is 3.16. The van der Waals surface area contributed by atoms with E-state index in [2.05, 4.69) is 14.8 Å². The number of rotatable bonds is 5. The van der Waals surface area contributed by atoms with Gasteiger partial charge in [0.15, 0.2) is 0 Å². The summed E-state index contributed by atoms with van der Waals surface area (Å²) in [7, 11) is -3.72. The van der Waals surface area contributed by atoms with Gasteiger partial charge in [-0.3, -0.25) is 9.40 Å². The van der Waals surface area contributed by atoms with E-state index in [1.165, 1.54) is 0 Å². The number of hydrogen-bond acceptors (Lipinski definition) is 4. The van der Waals surface area contributed by atoms with Crippen LogP contribution in [-0.2, 0) is 16.6 Å². The average molecular weight is 395 g/mol. The van der Waals surface area contributed by atoms with Crippen molar-refractivity contribution < 1.29 is 8.42 Å². The summed E-state index contributed by atoms with van der Waals surface area (Å²) in [4.78, 5) is 4.82. The minimum atomic E-state index is -3.72. The first-order valence-electron chi connectivity index (χ1n) is 9.00. The van der Waals surface area contributed by atoms with Gasteiger partial charge in [-0.25, -0.2) is 13.4 Å². The van der Waals surface area contributed by atoms with Gasteiger partial charge in [-0.15, -0.1) is 0 Å². The molecule has 4 rings (SSSR count). The molecule has 0 saturated carbocycles. The van der Waals surface area contributed by atoms with Crippen LogP contribution in [0.2, 0.25) is 0 Å². The van der Waals surface area contributed by atoms with E-state index < -0.39 is 10.0 Å². The zero-order valence-electron chi connectivity index (χ0n) is 15.9. The SMILES string of the molecule is CCn1nc(C)c(S(=O)(=O)Nc2ccc(-c3cn4ccccc4n3)cc2)c1C. The van der Waals surface area contributed by atoms with Crippen molar-refractivity contribution in [1.29, 1.82) is 0 Å². The Morgan fingerprint density at radius 2 is 1.82 bits per heavy atom. The Kier molecular flexibility index (Phi) is 4.43. The lowest BCUT2D eigenvalue weighted by atomic mass is 10.1. The lowest BCUT2D eigenvalue weighted by Crippen LogP contribution is -2.15. The minimum Gasteiger partial charge on any atom is -0.306 e. The largest absolute Gasteiger partial charge is 0.306 e. The molecule has 0 aliphatic rings. The number of fused-ring (bicyclic) bond motifs is 1. The number of nitrogens with one attached hydrogen (secondary N) is 1. The summed E-state index contributed by atoms with van der Waals surface area (Å²) in [6.07, 6.45) is 3.88. The summed E-state index contributed by atoms with van der Waals surface area (Å²) in [6, 6.07) is 13.0. The van der Waals surface area contributed by atoms with Crippen LogP contribution in [0, 0.1) is 13.8 Å². The molecular weight excluding hydrogens is 374 g/mol. The number of hydrogen-bond donors (Lipinski definition) is 1. The second-order valence-corrected chi connectivity index (χ2v) is 8.21. The van der Waals surface area contributed by atoms with Gasteiger partial charge in [0, 0.05) is 30.2 Å². The highest BCUT2D eigenvalue weighted by Crippen LogP contribution is 2.25. The summed E-state index contributed by atoms with van der Waals surface area (Å²) < 4.78 is 32.0. The lowest BCUT2D eigenvalue weighted by molar-refractivity contribution is 0.598. The van der Waals surface area contributed by atoms with Crippen LogP contribution in [0.4, 0.5) is 5.69 Å². The predicted molar refractivity (Wildman–Crippen MR) is 109 cm³/mol. The molecule has 0 aliphatic carbocycles. The van der Waals surface area contributed by atoms with Gasteiger partial charge < -0.3 is 4.40 Å². The van der Waals surface area contributed by atoms with Gasteiger partial charge >= 0.3 is 0 Å². The second kappa shape index (κ2) is 6.79. The monoisotopic (exact) mass is 395 g/mol. The smallest absolute Gasteiger partial charge is 0.265 e. The molecule has 0 amide bonds. The summed E-state index contributed by atoms with van der Waals surface area (Å²) in [5.41, 5.74) is 4.23. The van der Waals surface area contributed by atoms with Gasteiger partial charge in [-0.1, -0.05) is 18.2 Å². The molecular formula is C20H21N5O2S. The topological polar surface area (TPSA) is 81.3 Å². The number of benzene rings is 1. The summed E-state index contributed by atoms with van der Waals surface area (Å²) >= 11 is 0. The van der Waals surface area contributed by atoms with Crippen LogP contribution in [0.1, 0.15) is 18.3 Å². The number of aryl methyl sites for hydroxylation is 2. The Balaban J connectivity index is 1.61. The van der Waals surface area contributed by atoms with Crippen molar-refractivity contribution in [3.05, 3.63) is 66.2 Å². The van der Waals surface area contributed by atoms with Crippen molar-refractivity contribution in [1.82, 2.24) is 19.2 Å². The van der Waals surface area contributed by atoms with Gasteiger partial charge in [0.2, 0.25) is 0 Å². The van der Waals surface area contributed by atoms with E-state index in [0.717, 1.165) is 16.9 Å². The minimum absolute atomic E-state index is 0.235. The van der Waals surface area contributed by atoms with E-state index >= 15 is 0 Å². The van der Waals surface area contributed by atoms with Crippen molar-refractivity contribution >= 4 is 21.4 Å². The Bertz CT molecular complexity index is 1220. The number of pyridine rings is 1. The van der Waals surface area contributed by atoms with Gasteiger partial charge in [-0.05, 0) is 45.0 Å². The average Bonchev–Trinajstić information content (AvgIpc) is 3.22. The summed E-state index contributed by atoms with van der Waals surface area (Å²) in [5, 5.41) is 4.30. The summed E-state index contributed by atoms with van der Waals surface area (Å²) in [5.74, 6) is 0. The van der Waals surface area contributed by atoms with Crippen LogP contribution in [-0.4, -0.2) is 27.6 Å². The molecule has 7 nitrogen and oxygen atoms in total. The van der Waals surface area contributed by atoms with Crippen LogP contribution >= 0.6 is 0 Å². The van der Waals surface area contributed by atoms with Crippen molar-refractivity contribution in [3.8, 4) is 11.3 Å². The molecule has 1 aromatic carbocycles. The molecule has 1 N–H and O–H groups in total. The van der Waals surface area contributed by atoms with Gasteiger partial charge in [0.25, 0.3) is 10.0 Å². The first-order chi connectivity index (χ1) is 13.4. The Hall–Kier alpha value is -3.13. The van der Waals surface area contributed by atoms with Gasteiger partial charge in [0.1, 0.15) is 10.5 Å². The fourth-order valence-electron chi connectivity index (χ4n) is 3.37. The van der Waals surface area contributed by atoms with E-state index in [4.69, 9.17) is 0 Å². The third-order valence-electron chi connectivity index (χ3n) is 4.68. The zero-order valence-corrected chi connectivity index (χ0v) is 16.7. The van der Waals surface area contributed by atoms with E-state index in [1.807, 2.05) is 54.0 Å². The maximum absolute atomic E-state index is 12.9. The third-order valence-corrected chi connectivity index (χ3v) is 6.31. The molecule has 0 bridgehead atoms. The number of nitrogens with zero attached hydrogens (tertiary/aromatic N) is 4. The molecule has 28 heavy (non-hydrogen) atoms. The Morgan fingerprint density at radius 1 is 1.07 bits per heavy atom. The van der Waals surface area contributed by atoms with Crippen LogP contribution in [0.5, 0.6) is 0 Å². The molecule has 4 aromatic rings. The van der Waals surface area contributed by atoms with Crippen molar-refractivity contribution in [2.24, 2.45) is 0 Å².